The monoisotopic (exact) mass is 224 g/mol. The van der Waals surface area contributed by atoms with Crippen molar-refractivity contribution in [3.05, 3.63) is 0 Å². The van der Waals surface area contributed by atoms with Gasteiger partial charge in [0.2, 0.25) is 0 Å². The normalized spacial score (nSPS) is 28.9. The van der Waals surface area contributed by atoms with Gasteiger partial charge in [-0.25, -0.2) is 0 Å². The lowest BCUT2D eigenvalue weighted by atomic mass is 9.95. The van der Waals surface area contributed by atoms with E-state index in [4.69, 9.17) is 0 Å². The van der Waals surface area contributed by atoms with Crippen LogP contribution in [0.3, 0.4) is 0 Å². The largest absolute Gasteiger partial charge is 0.310 e. The summed E-state index contributed by atoms with van der Waals surface area (Å²) in [5.74, 6) is 0.856. The summed E-state index contributed by atoms with van der Waals surface area (Å²) >= 11 is 0. The molecule has 1 heterocycles. The van der Waals surface area contributed by atoms with E-state index in [2.05, 4.69) is 31.0 Å². The fraction of sp³-hybridized carbons (Fsp3) is 1.00. The topological polar surface area (TPSA) is 15.3 Å². The van der Waals surface area contributed by atoms with E-state index in [0.29, 0.717) is 6.04 Å². The van der Waals surface area contributed by atoms with Gasteiger partial charge in [0.05, 0.1) is 0 Å². The summed E-state index contributed by atoms with van der Waals surface area (Å²) in [4.78, 5) is 2.69. The van der Waals surface area contributed by atoms with Gasteiger partial charge in [0.15, 0.2) is 0 Å². The molecule has 1 N–H and O–H groups in total. The molecule has 1 saturated carbocycles. The van der Waals surface area contributed by atoms with E-state index in [1.54, 1.807) is 0 Å². The standard InChI is InChI=1S/C14H28N2/c1-4-12(5-2)11(3)15-13-8-9-16(10-13)14-6-7-14/h11-15H,4-10H2,1-3H3. The Kier molecular flexibility index (Phi) is 4.26. The van der Waals surface area contributed by atoms with Gasteiger partial charge >= 0.3 is 0 Å². The molecule has 0 spiro atoms. The van der Waals surface area contributed by atoms with Crippen molar-refractivity contribution in [2.24, 2.45) is 5.92 Å². The molecule has 0 radical (unpaired) electrons. The average Bonchev–Trinajstić information content (AvgIpc) is 3.02. The summed E-state index contributed by atoms with van der Waals surface area (Å²) in [6, 6.07) is 2.41. The second-order valence-corrected chi connectivity index (χ2v) is 5.74. The third-order valence-electron chi connectivity index (χ3n) is 4.54. The van der Waals surface area contributed by atoms with Crippen molar-refractivity contribution in [1.29, 1.82) is 0 Å². The summed E-state index contributed by atoms with van der Waals surface area (Å²) in [5, 5.41) is 3.85. The zero-order valence-corrected chi connectivity index (χ0v) is 11.2. The molecule has 1 aliphatic carbocycles. The summed E-state index contributed by atoms with van der Waals surface area (Å²) in [6.07, 6.45) is 6.89. The molecule has 1 saturated heterocycles. The smallest absolute Gasteiger partial charge is 0.0209 e. The summed E-state index contributed by atoms with van der Waals surface area (Å²) in [6.45, 7) is 9.64. The van der Waals surface area contributed by atoms with Gasteiger partial charge in [-0.15, -0.1) is 0 Å². The van der Waals surface area contributed by atoms with E-state index < -0.39 is 0 Å². The second kappa shape index (κ2) is 5.50. The van der Waals surface area contributed by atoms with Gasteiger partial charge < -0.3 is 5.32 Å². The van der Waals surface area contributed by atoms with Crippen LogP contribution in [0.2, 0.25) is 0 Å². The number of nitrogens with zero attached hydrogens (tertiary/aromatic N) is 1. The van der Waals surface area contributed by atoms with Crippen LogP contribution >= 0.6 is 0 Å². The Balaban J connectivity index is 1.72. The number of rotatable bonds is 6. The van der Waals surface area contributed by atoms with Crippen LogP contribution < -0.4 is 5.32 Å². The zero-order chi connectivity index (χ0) is 11.5. The van der Waals surface area contributed by atoms with Gasteiger partial charge in [0, 0.05) is 31.2 Å². The second-order valence-electron chi connectivity index (χ2n) is 5.74. The van der Waals surface area contributed by atoms with Crippen molar-refractivity contribution < 1.29 is 0 Å². The maximum atomic E-state index is 3.85. The zero-order valence-electron chi connectivity index (χ0n) is 11.2. The third kappa shape index (κ3) is 2.98. The Morgan fingerprint density at radius 2 is 1.88 bits per heavy atom. The van der Waals surface area contributed by atoms with Crippen LogP contribution in [0.15, 0.2) is 0 Å². The molecule has 2 unspecified atom stereocenters. The van der Waals surface area contributed by atoms with Gasteiger partial charge in [-0.1, -0.05) is 26.7 Å². The SMILES string of the molecule is CCC(CC)C(C)NC1CCN(C2CC2)C1. The van der Waals surface area contributed by atoms with E-state index in [9.17, 15) is 0 Å². The predicted octanol–water partition coefficient (Wildman–Crippen LogP) is 2.64. The predicted molar refractivity (Wildman–Crippen MR) is 69.7 cm³/mol. The Labute approximate surface area is 101 Å². The lowest BCUT2D eigenvalue weighted by Gasteiger charge is -2.26. The molecule has 2 atom stereocenters. The van der Waals surface area contributed by atoms with Crippen molar-refractivity contribution in [3.63, 3.8) is 0 Å². The molecule has 94 valence electrons. The number of hydrogen-bond donors (Lipinski definition) is 1. The molecule has 0 aromatic heterocycles. The maximum absolute atomic E-state index is 3.85. The maximum Gasteiger partial charge on any atom is 0.0209 e. The Bertz CT molecular complexity index is 209. The highest BCUT2D eigenvalue weighted by molar-refractivity contribution is 4.92. The third-order valence-corrected chi connectivity index (χ3v) is 4.54. The first-order valence-corrected chi connectivity index (χ1v) is 7.24. The van der Waals surface area contributed by atoms with E-state index in [1.165, 1.54) is 45.2 Å². The molecule has 2 rings (SSSR count). The summed E-state index contributed by atoms with van der Waals surface area (Å²) < 4.78 is 0. The summed E-state index contributed by atoms with van der Waals surface area (Å²) in [5.41, 5.74) is 0. The van der Waals surface area contributed by atoms with Gasteiger partial charge in [0.25, 0.3) is 0 Å². The first kappa shape index (κ1) is 12.4. The highest BCUT2D eigenvalue weighted by Gasteiger charge is 2.34. The van der Waals surface area contributed by atoms with Crippen LogP contribution in [0.4, 0.5) is 0 Å². The number of hydrogen-bond acceptors (Lipinski definition) is 2. The van der Waals surface area contributed by atoms with Crippen molar-refractivity contribution in [3.8, 4) is 0 Å². The molecule has 0 amide bonds. The molecule has 0 bridgehead atoms. The van der Waals surface area contributed by atoms with Gasteiger partial charge in [-0.05, 0) is 32.1 Å². The fourth-order valence-corrected chi connectivity index (χ4v) is 3.20. The minimum Gasteiger partial charge on any atom is -0.310 e. The molecule has 2 nitrogen and oxygen atoms in total. The highest BCUT2D eigenvalue weighted by Crippen LogP contribution is 2.30. The van der Waals surface area contributed by atoms with Crippen molar-refractivity contribution in [2.45, 2.75) is 71.0 Å². The molecule has 16 heavy (non-hydrogen) atoms. The van der Waals surface area contributed by atoms with Crippen LogP contribution in [0.1, 0.15) is 52.9 Å². The van der Waals surface area contributed by atoms with E-state index in [1.807, 2.05) is 0 Å². The number of nitrogens with one attached hydrogen (secondary N) is 1. The van der Waals surface area contributed by atoms with Gasteiger partial charge in [0.1, 0.15) is 0 Å². The van der Waals surface area contributed by atoms with Crippen LogP contribution in [0.25, 0.3) is 0 Å². The van der Waals surface area contributed by atoms with Crippen molar-refractivity contribution in [2.75, 3.05) is 13.1 Å². The van der Waals surface area contributed by atoms with Crippen molar-refractivity contribution >= 4 is 0 Å². The van der Waals surface area contributed by atoms with Gasteiger partial charge in [-0.3, -0.25) is 4.90 Å². The minimum atomic E-state index is 0.694. The van der Waals surface area contributed by atoms with E-state index in [0.717, 1.165) is 18.0 Å². The van der Waals surface area contributed by atoms with Gasteiger partial charge in [-0.2, -0.15) is 0 Å². The lowest BCUT2D eigenvalue weighted by molar-refractivity contribution is 0.291. The van der Waals surface area contributed by atoms with Crippen LogP contribution in [0.5, 0.6) is 0 Å². The molecular formula is C14H28N2. The molecule has 2 aliphatic rings. The Morgan fingerprint density at radius 1 is 1.19 bits per heavy atom. The van der Waals surface area contributed by atoms with Crippen LogP contribution in [-0.2, 0) is 0 Å². The number of likely N-dealkylation sites (tertiary alicyclic amines) is 1. The Hall–Kier alpha value is -0.0800. The molecule has 2 fully saturated rings. The first-order chi connectivity index (χ1) is 7.74. The van der Waals surface area contributed by atoms with Crippen molar-refractivity contribution in [1.82, 2.24) is 10.2 Å². The van der Waals surface area contributed by atoms with E-state index >= 15 is 0 Å². The Morgan fingerprint density at radius 3 is 2.44 bits per heavy atom. The molecule has 0 aromatic carbocycles. The molecular weight excluding hydrogens is 196 g/mol. The fourth-order valence-electron chi connectivity index (χ4n) is 3.20. The molecule has 0 aromatic rings. The summed E-state index contributed by atoms with van der Waals surface area (Å²) in [7, 11) is 0. The van der Waals surface area contributed by atoms with E-state index in [-0.39, 0.29) is 0 Å². The quantitative estimate of drug-likeness (QED) is 0.746. The highest BCUT2D eigenvalue weighted by atomic mass is 15.2. The average molecular weight is 224 g/mol. The van der Waals surface area contributed by atoms with Crippen LogP contribution in [0, 0.1) is 5.92 Å². The minimum absolute atomic E-state index is 0.694. The molecule has 2 heteroatoms. The molecule has 1 aliphatic heterocycles. The lowest BCUT2D eigenvalue weighted by Crippen LogP contribution is -2.42. The van der Waals surface area contributed by atoms with Crippen LogP contribution in [-0.4, -0.2) is 36.1 Å². The first-order valence-electron chi connectivity index (χ1n) is 7.24.